The van der Waals surface area contributed by atoms with E-state index in [1.165, 1.54) is 0 Å². The fourth-order valence-electron chi connectivity index (χ4n) is 1.96. The van der Waals surface area contributed by atoms with Gasteiger partial charge in [-0.3, -0.25) is 9.59 Å². The minimum absolute atomic E-state index is 0.0291. The highest BCUT2D eigenvalue weighted by atomic mass is 16.3. The van der Waals surface area contributed by atoms with Crippen molar-refractivity contribution in [3.63, 3.8) is 0 Å². The topological polar surface area (TPSA) is 69.6 Å². The second-order valence-corrected chi connectivity index (χ2v) is 4.80. The van der Waals surface area contributed by atoms with E-state index >= 15 is 0 Å². The van der Waals surface area contributed by atoms with Gasteiger partial charge in [0.15, 0.2) is 0 Å². The number of hydrogen-bond donors (Lipinski definition) is 2. The molecule has 0 aromatic rings. The molecule has 1 aliphatic heterocycles. The molecule has 2 atom stereocenters. The number of hydrogen-bond acceptors (Lipinski definition) is 3. The Kier molecular flexibility index (Phi) is 5.41. The van der Waals surface area contributed by atoms with Crippen LogP contribution in [0, 0.1) is 0 Å². The number of aliphatic hydroxyl groups excluding tert-OH is 1. The SMILES string of the molecule is CC(O)CCC(=O)NC(C)CN1CCCC1=O. The molecular formula is C12H22N2O3. The lowest BCUT2D eigenvalue weighted by Crippen LogP contribution is -2.42. The van der Waals surface area contributed by atoms with Crippen LogP contribution in [0.2, 0.25) is 0 Å². The van der Waals surface area contributed by atoms with Gasteiger partial charge in [-0.15, -0.1) is 0 Å². The van der Waals surface area contributed by atoms with Gasteiger partial charge in [-0.1, -0.05) is 0 Å². The molecule has 17 heavy (non-hydrogen) atoms. The summed E-state index contributed by atoms with van der Waals surface area (Å²) in [5.74, 6) is 0.111. The Labute approximate surface area is 102 Å². The Morgan fingerprint density at radius 1 is 1.53 bits per heavy atom. The van der Waals surface area contributed by atoms with Crippen molar-refractivity contribution in [3.05, 3.63) is 0 Å². The molecule has 5 heteroatoms. The third kappa shape index (κ3) is 5.17. The number of rotatable bonds is 6. The third-order valence-electron chi connectivity index (χ3n) is 2.86. The van der Waals surface area contributed by atoms with E-state index in [0.717, 1.165) is 13.0 Å². The summed E-state index contributed by atoms with van der Waals surface area (Å²) in [5.41, 5.74) is 0. The number of carbonyl (C=O) groups is 2. The van der Waals surface area contributed by atoms with Crippen molar-refractivity contribution in [2.24, 2.45) is 0 Å². The highest BCUT2D eigenvalue weighted by Gasteiger charge is 2.22. The Morgan fingerprint density at radius 2 is 2.24 bits per heavy atom. The van der Waals surface area contributed by atoms with Crippen molar-refractivity contribution in [2.45, 2.75) is 51.7 Å². The molecule has 1 fully saturated rings. The van der Waals surface area contributed by atoms with Crippen LogP contribution in [-0.2, 0) is 9.59 Å². The Morgan fingerprint density at radius 3 is 2.76 bits per heavy atom. The molecule has 1 saturated heterocycles. The number of amides is 2. The normalized spacial score (nSPS) is 19.2. The number of nitrogens with one attached hydrogen (secondary N) is 1. The molecule has 0 aromatic carbocycles. The van der Waals surface area contributed by atoms with E-state index in [0.29, 0.717) is 25.8 Å². The van der Waals surface area contributed by atoms with Crippen LogP contribution in [0.5, 0.6) is 0 Å². The number of carbonyl (C=O) groups excluding carboxylic acids is 2. The van der Waals surface area contributed by atoms with E-state index in [-0.39, 0.29) is 17.9 Å². The highest BCUT2D eigenvalue weighted by molar-refractivity contribution is 5.78. The lowest BCUT2D eigenvalue weighted by atomic mass is 10.2. The third-order valence-corrected chi connectivity index (χ3v) is 2.86. The summed E-state index contributed by atoms with van der Waals surface area (Å²) in [6, 6.07) is -0.0291. The molecule has 0 saturated carbocycles. The quantitative estimate of drug-likeness (QED) is 0.702. The highest BCUT2D eigenvalue weighted by Crippen LogP contribution is 2.09. The molecule has 98 valence electrons. The monoisotopic (exact) mass is 242 g/mol. The molecule has 1 aliphatic rings. The zero-order valence-corrected chi connectivity index (χ0v) is 10.6. The molecule has 1 rings (SSSR count). The minimum atomic E-state index is -0.448. The summed E-state index contributed by atoms with van der Waals surface area (Å²) in [4.78, 5) is 24.7. The largest absolute Gasteiger partial charge is 0.393 e. The van der Waals surface area contributed by atoms with Gasteiger partial charge in [-0.25, -0.2) is 0 Å². The number of nitrogens with zero attached hydrogens (tertiary/aromatic N) is 1. The first-order valence-electron chi connectivity index (χ1n) is 6.24. The molecule has 0 spiro atoms. The fourth-order valence-corrected chi connectivity index (χ4v) is 1.96. The maximum Gasteiger partial charge on any atom is 0.222 e. The molecule has 5 nitrogen and oxygen atoms in total. The molecular weight excluding hydrogens is 220 g/mol. The molecule has 2 unspecified atom stereocenters. The van der Waals surface area contributed by atoms with Crippen LogP contribution in [-0.4, -0.2) is 47.1 Å². The van der Waals surface area contributed by atoms with E-state index in [1.54, 1.807) is 11.8 Å². The maximum absolute atomic E-state index is 11.5. The van der Waals surface area contributed by atoms with Crippen LogP contribution in [0.25, 0.3) is 0 Å². The zero-order valence-electron chi connectivity index (χ0n) is 10.6. The molecule has 0 aliphatic carbocycles. The fraction of sp³-hybridized carbons (Fsp3) is 0.833. The van der Waals surface area contributed by atoms with Gasteiger partial charge in [-0.05, 0) is 26.7 Å². The predicted molar refractivity (Wildman–Crippen MR) is 64.3 cm³/mol. The van der Waals surface area contributed by atoms with E-state index < -0.39 is 6.10 Å². The second-order valence-electron chi connectivity index (χ2n) is 4.80. The van der Waals surface area contributed by atoms with E-state index in [1.807, 2.05) is 6.92 Å². The van der Waals surface area contributed by atoms with Crippen LogP contribution >= 0.6 is 0 Å². The average molecular weight is 242 g/mol. The smallest absolute Gasteiger partial charge is 0.222 e. The van der Waals surface area contributed by atoms with Crippen molar-refractivity contribution < 1.29 is 14.7 Å². The minimum Gasteiger partial charge on any atom is -0.393 e. The van der Waals surface area contributed by atoms with Crippen LogP contribution in [0.1, 0.15) is 39.5 Å². The van der Waals surface area contributed by atoms with E-state index in [9.17, 15) is 9.59 Å². The molecule has 0 radical (unpaired) electrons. The van der Waals surface area contributed by atoms with Crippen molar-refractivity contribution in [1.82, 2.24) is 10.2 Å². The summed E-state index contributed by atoms with van der Waals surface area (Å²) < 4.78 is 0. The predicted octanol–water partition coefficient (Wildman–Crippen LogP) is 0.275. The summed E-state index contributed by atoms with van der Waals surface area (Å²) in [5, 5.41) is 11.9. The van der Waals surface area contributed by atoms with Crippen molar-refractivity contribution in [1.29, 1.82) is 0 Å². The Balaban J connectivity index is 2.21. The summed E-state index contributed by atoms with van der Waals surface area (Å²) in [7, 11) is 0. The number of likely N-dealkylation sites (tertiary alicyclic amines) is 1. The average Bonchev–Trinajstić information content (AvgIpc) is 2.61. The first kappa shape index (κ1) is 14.0. The van der Waals surface area contributed by atoms with Crippen LogP contribution < -0.4 is 5.32 Å². The number of aliphatic hydroxyl groups is 1. The zero-order chi connectivity index (χ0) is 12.8. The molecule has 2 amide bonds. The van der Waals surface area contributed by atoms with Crippen molar-refractivity contribution in [3.8, 4) is 0 Å². The van der Waals surface area contributed by atoms with Gasteiger partial charge >= 0.3 is 0 Å². The van der Waals surface area contributed by atoms with Gasteiger partial charge in [-0.2, -0.15) is 0 Å². The molecule has 1 heterocycles. The second kappa shape index (κ2) is 6.59. The van der Waals surface area contributed by atoms with Gasteiger partial charge in [0.25, 0.3) is 0 Å². The van der Waals surface area contributed by atoms with Gasteiger partial charge in [0.05, 0.1) is 6.10 Å². The van der Waals surface area contributed by atoms with Gasteiger partial charge in [0.1, 0.15) is 0 Å². The molecule has 0 bridgehead atoms. The van der Waals surface area contributed by atoms with Gasteiger partial charge in [0, 0.05) is 32.0 Å². The summed E-state index contributed by atoms with van der Waals surface area (Å²) >= 11 is 0. The van der Waals surface area contributed by atoms with E-state index in [2.05, 4.69) is 5.32 Å². The molecule has 2 N–H and O–H groups in total. The Bertz CT molecular complexity index is 279. The van der Waals surface area contributed by atoms with E-state index in [4.69, 9.17) is 5.11 Å². The van der Waals surface area contributed by atoms with Crippen LogP contribution in [0.4, 0.5) is 0 Å². The van der Waals surface area contributed by atoms with Gasteiger partial charge < -0.3 is 15.3 Å². The van der Waals surface area contributed by atoms with Crippen molar-refractivity contribution in [2.75, 3.05) is 13.1 Å². The summed E-state index contributed by atoms with van der Waals surface area (Å²) in [6.07, 6.45) is 1.90. The molecule has 0 aromatic heterocycles. The maximum atomic E-state index is 11.5. The first-order valence-corrected chi connectivity index (χ1v) is 6.24. The van der Waals surface area contributed by atoms with Crippen LogP contribution in [0.15, 0.2) is 0 Å². The van der Waals surface area contributed by atoms with Crippen LogP contribution in [0.3, 0.4) is 0 Å². The van der Waals surface area contributed by atoms with Crippen molar-refractivity contribution >= 4 is 11.8 Å². The Hall–Kier alpha value is -1.10. The van der Waals surface area contributed by atoms with Gasteiger partial charge in [0.2, 0.25) is 11.8 Å². The lowest BCUT2D eigenvalue weighted by Gasteiger charge is -2.21. The lowest BCUT2D eigenvalue weighted by molar-refractivity contribution is -0.129. The first-order chi connectivity index (χ1) is 7.99. The standard InChI is InChI=1S/C12H22N2O3/c1-9(8-14-7-3-4-12(14)17)13-11(16)6-5-10(2)15/h9-10,15H,3-8H2,1-2H3,(H,13,16). The summed E-state index contributed by atoms with van der Waals surface area (Å²) in [6.45, 7) is 4.94.